The zero-order chi connectivity index (χ0) is 20.6. The molecule has 2 aliphatic rings. The van der Waals surface area contributed by atoms with Crippen LogP contribution in [0.1, 0.15) is 0 Å². The summed E-state index contributed by atoms with van der Waals surface area (Å²) in [6, 6.07) is 6.50. The summed E-state index contributed by atoms with van der Waals surface area (Å²) >= 11 is 0. The molecule has 2 amide bonds. The fraction of sp³-hybridized carbons (Fsp3) is 0.524. The molecule has 0 saturated carbocycles. The van der Waals surface area contributed by atoms with Crippen LogP contribution in [0.5, 0.6) is 0 Å². The first-order chi connectivity index (χ1) is 14.0. The molecular formula is C21H30FN5O2. The van der Waals surface area contributed by atoms with Gasteiger partial charge in [0.15, 0.2) is 0 Å². The number of nitrogens with zero attached hydrogens (tertiary/aromatic N) is 4. The second-order valence-corrected chi connectivity index (χ2v) is 7.49. The average Bonchev–Trinajstić information content (AvgIpc) is 2.74. The quantitative estimate of drug-likeness (QED) is 0.668. The summed E-state index contributed by atoms with van der Waals surface area (Å²) in [7, 11) is 0. The minimum atomic E-state index is -0.236. The van der Waals surface area contributed by atoms with Crippen LogP contribution in [-0.2, 0) is 9.59 Å². The molecule has 0 atom stereocenters. The SMILES string of the molecule is C=CCNC(=O)CN1CCN(CC(=O)N2CCN(c3ccc(F)cc3)CC2)CC1. The van der Waals surface area contributed by atoms with E-state index in [2.05, 4.69) is 26.6 Å². The topological polar surface area (TPSA) is 59.1 Å². The fourth-order valence-electron chi connectivity index (χ4n) is 3.71. The number of hydrogen-bond acceptors (Lipinski definition) is 5. The Labute approximate surface area is 171 Å². The van der Waals surface area contributed by atoms with Crippen LogP contribution in [0, 0.1) is 5.82 Å². The van der Waals surface area contributed by atoms with Gasteiger partial charge in [-0.3, -0.25) is 19.4 Å². The van der Waals surface area contributed by atoms with Crippen LogP contribution in [0.15, 0.2) is 36.9 Å². The second kappa shape index (κ2) is 10.4. The fourth-order valence-corrected chi connectivity index (χ4v) is 3.71. The molecule has 2 fully saturated rings. The molecule has 2 saturated heterocycles. The number of anilines is 1. The monoisotopic (exact) mass is 403 g/mol. The summed E-state index contributed by atoms with van der Waals surface area (Å²) in [5.41, 5.74) is 0.992. The predicted molar refractivity (Wildman–Crippen MR) is 111 cm³/mol. The summed E-state index contributed by atoms with van der Waals surface area (Å²) in [6.07, 6.45) is 1.67. The molecule has 0 aliphatic carbocycles. The van der Waals surface area contributed by atoms with Crippen molar-refractivity contribution in [3.8, 4) is 0 Å². The maximum absolute atomic E-state index is 13.1. The van der Waals surface area contributed by atoms with Crippen LogP contribution < -0.4 is 10.2 Å². The van der Waals surface area contributed by atoms with E-state index in [1.54, 1.807) is 18.2 Å². The molecule has 29 heavy (non-hydrogen) atoms. The third-order valence-corrected chi connectivity index (χ3v) is 5.46. The number of piperazine rings is 2. The third kappa shape index (κ3) is 6.27. The highest BCUT2D eigenvalue weighted by Gasteiger charge is 2.25. The molecule has 2 aliphatic heterocycles. The molecule has 0 bridgehead atoms. The van der Waals surface area contributed by atoms with Crippen LogP contribution in [0.25, 0.3) is 0 Å². The molecule has 0 aromatic heterocycles. The normalized spacial score (nSPS) is 18.5. The van der Waals surface area contributed by atoms with Crippen LogP contribution in [-0.4, -0.2) is 98.5 Å². The molecule has 158 valence electrons. The van der Waals surface area contributed by atoms with E-state index in [9.17, 15) is 14.0 Å². The molecule has 2 heterocycles. The first-order valence-corrected chi connectivity index (χ1v) is 10.2. The lowest BCUT2D eigenvalue weighted by atomic mass is 10.2. The van der Waals surface area contributed by atoms with E-state index in [1.807, 2.05) is 4.90 Å². The molecule has 1 aromatic rings. The number of benzene rings is 1. The highest BCUT2D eigenvalue weighted by atomic mass is 19.1. The number of halogens is 1. The summed E-state index contributed by atoms with van der Waals surface area (Å²) in [5, 5.41) is 2.79. The summed E-state index contributed by atoms with van der Waals surface area (Å²) < 4.78 is 13.1. The minimum Gasteiger partial charge on any atom is -0.368 e. The lowest BCUT2D eigenvalue weighted by Gasteiger charge is -2.38. The molecule has 0 unspecified atom stereocenters. The molecule has 1 N–H and O–H groups in total. The summed E-state index contributed by atoms with van der Waals surface area (Å²) in [4.78, 5) is 32.8. The molecule has 7 nitrogen and oxygen atoms in total. The van der Waals surface area contributed by atoms with Crippen LogP contribution >= 0.6 is 0 Å². The molecule has 1 aromatic carbocycles. The molecule has 0 radical (unpaired) electrons. The van der Waals surface area contributed by atoms with Crippen molar-refractivity contribution in [2.24, 2.45) is 0 Å². The highest BCUT2D eigenvalue weighted by Crippen LogP contribution is 2.17. The lowest BCUT2D eigenvalue weighted by Crippen LogP contribution is -2.54. The van der Waals surface area contributed by atoms with Gasteiger partial charge in [0, 0.05) is 64.6 Å². The van der Waals surface area contributed by atoms with E-state index < -0.39 is 0 Å². The van der Waals surface area contributed by atoms with Gasteiger partial charge in [-0.2, -0.15) is 0 Å². The van der Waals surface area contributed by atoms with E-state index in [4.69, 9.17) is 0 Å². The highest BCUT2D eigenvalue weighted by molar-refractivity contribution is 5.79. The van der Waals surface area contributed by atoms with Gasteiger partial charge in [-0.25, -0.2) is 4.39 Å². The molecule has 0 spiro atoms. The standard InChI is InChI=1S/C21H30FN5O2/c1-2-7-23-20(28)16-24-8-10-25(11-9-24)17-21(29)27-14-12-26(13-15-27)19-5-3-18(22)4-6-19/h2-6H,1,7-17H2,(H,23,28). The van der Waals surface area contributed by atoms with Gasteiger partial charge in [0.2, 0.25) is 11.8 Å². The van der Waals surface area contributed by atoms with Crippen molar-refractivity contribution in [2.45, 2.75) is 0 Å². The Balaban J connectivity index is 1.36. The van der Waals surface area contributed by atoms with E-state index in [1.165, 1.54) is 12.1 Å². The number of carbonyl (C=O) groups excluding carboxylic acids is 2. The third-order valence-electron chi connectivity index (χ3n) is 5.46. The Morgan fingerprint density at radius 3 is 2.10 bits per heavy atom. The zero-order valence-electron chi connectivity index (χ0n) is 16.9. The largest absolute Gasteiger partial charge is 0.368 e. The predicted octanol–water partition coefficient (Wildman–Crippen LogP) is 0.394. The zero-order valence-corrected chi connectivity index (χ0v) is 16.9. The van der Waals surface area contributed by atoms with Crippen LogP contribution in [0.3, 0.4) is 0 Å². The van der Waals surface area contributed by atoms with E-state index in [0.717, 1.165) is 45.0 Å². The smallest absolute Gasteiger partial charge is 0.236 e. The van der Waals surface area contributed by atoms with Crippen molar-refractivity contribution in [3.05, 3.63) is 42.7 Å². The minimum absolute atomic E-state index is 0.00783. The van der Waals surface area contributed by atoms with Gasteiger partial charge in [0.1, 0.15) is 5.82 Å². The number of carbonyl (C=O) groups is 2. The van der Waals surface area contributed by atoms with Crippen LogP contribution in [0.4, 0.5) is 10.1 Å². The van der Waals surface area contributed by atoms with Gasteiger partial charge >= 0.3 is 0 Å². The Morgan fingerprint density at radius 1 is 0.931 bits per heavy atom. The van der Waals surface area contributed by atoms with E-state index in [-0.39, 0.29) is 17.6 Å². The van der Waals surface area contributed by atoms with Gasteiger partial charge in [-0.1, -0.05) is 6.08 Å². The first kappa shape index (κ1) is 21.3. The second-order valence-electron chi connectivity index (χ2n) is 7.49. The molecular weight excluding hydrogens is 373 g/mol. The van der Waals surface area contributed by atoms with E-state index >= 15 is 0 Å². The van der Waals surface area contributed by atoms with Gasteiger partial charge in [0.05, 0.1) is 13.1 Å². The maximum atomic E-state index is 13.1. The maximum Gasteiger partial charge on any atom is 0.236 e. The van der Waals surface area contributed by atoms with Crippen molar-refractivity contribution >= 4 is 17.5 Å². The number of amides is 2. The Kier molecular flexibility index (Phi) is 7.60. The molecule has 3 rings (SSSR count). The summed E-state index contributed by atoms with van der Waals surface area (Å²) in [6.45, 7) is 10.9. The Morgan fingerprint density at radius 2 is 1.52 bits per heavy atom. The molecule has 8 heteroatoms. The number of rotatable bonds is 7. The average molecular weight is 404 g/mol. The Bertz CT molecular complexity index is 696. The van der Waals surface area contributed by atoms with E-state index in [0.29, 0.717) is 32.7 Å². The summed E-state index contributed by atoms with van der Waals surface area (Å²) in [5.74, 6) is -0.0746. The van der Waals surface area contributed by atoms with Crippen molar-refractivity contribution in [3.63, 3.8) is 0 Å². The number of nitrogens with one attached hydrogen (secondary N) is 1. The van der Waals surface area contributed by atoms with Gasteiger partial charge < -0.3 is 15.1 Å². The van der Waals surface area contributed by atoms with Crippen LogP contribution in [0.2, 0.25) is 0 Å². The van der Waals surface area contributed by atoms with Crippen molar-refractivity contribution in [1.29, 1.82) is 0 Å². The number of hydrogen-bond donors (Lipinski definition) is 1. The van der Waals surface area contributed by atoms with Gasteiger partial charge in [-0.15, -0.1) is 6.58 Å². The van der Waals surface area contributed by atoms with Gasteiger partial charge in [-0.05, 0) is 24.3 Å². The Hall–Kier alpha value is -2.45. The van der Waals surface area contributed by atoms with Crippen molar-refractivity contribution < 1.29 is 14.0 Å². The van der Waals surface area contributed by atoms with Gasteiger partial charge in [0.25, 0.3) is 0 Å². The first-order valence-electron chi connectivity index (χ1n) is 10.2. The lowest BCUT2D eigenvalue weighted by molar-refractivity contribution is -0.133. The van der Waals surface area contributed by atoms with Crippen molar-refractivity contribution in [2.75, 3.05) is 76.9 Å². The van der Waals surface area contributed by atoms with Crippen molar-refractivity contribution in [1.82, 2.24) is 20.0 Å².